The topological polar surface area (TPSA) is 49.1 Å². The molecule has 2 heterocycles. The Bertz CT molecular complexity index is 840. The molecule has 0 radical (unpaired) electrons. The van der Waals surface area contributed by atoms with Gasteiger partial charge in [0.2, 0.25) is 0 Å². The van der Waals surface area contributed by atoms with Gasteiger partial charge in [0.15, 0.2) is 0 Å². The van der Waals surface area contributed by atoms with Gasteiger partial charge in [0.1, 0.15) is 11.5 Å². The zero-order valence-corrected chi connectivity index (χ0v) is 18.9. The Hall–Kier alpha value is -2.08. The number of rotatable bonds is 6. The van der Waals surface area contributed by atoms with Crippen molar-refractivity contribution >= 4 is 0 Å². The second kappa shape index (κ2) is 9.60. The molecular weight excluding hydrogens is 388 g/mol. The van der Waals surface area contributed by atoms with Crippen molar-refractivity contribution < 1.29 is 14.3 Å². The van der Waals surface area contributed by atoms with Crippen LogP contribution in [0.5, 0.6) is 5.75 Å². The van der Waals surface area contributed by atoms with Crippen LogP contribution in [0, 0.1) is 5.92 Å². The van der Waals surface area contributed by atoms with Gasteiger partial charge in [0.05, 0.1) is 24.9 Å². The second-order valence-electron chi connectivity index (χ2n) is 9.32. The third-order valence-corrected chi connectivity index (χ3v) is 7.21. The standard InChI is InChI=1S/C26H36N2O3/c1-20-6-4-7-22(19-28-15-13-27(2)14-16-28)26(29,25(20)24-8-5-17-31-24)18-21-9-11-23(30-3)12-10-21/h5,8-12,17,22,25,29H,1,4,6-7,13-16,18-19H2,2-3H3. The van der Waals surface area contributed by atoms with Crippen LogP contribution in [-0.2, 0) is 6.42 Å². The van der Waals surface area contributed by atoms with Gasteiger partial charge in [-0.2, -0.15) is 0 Å². The van der Waals surface area contributed by atoms with Crippen molar-refractivity contribution in [2.24, 2.45) is 5.92 Å². The van der Waals surface area contributed by atoms with Gasteiger partial charge in [0.25, 0.3) is 0 Å². The normalized spacial score (nSPS) is 28.4. The van der Waals surface area contributed by atoms with Crippen molar-refractivity contribution in [3.05, 3.63) is 66.1 Å². The maximum Gasteiger partial charge on any atom is 0.118 e. The number of hydrogen-bond acceptors (Lipinski definition) is 5. The molecule has 3 unspecified atom stereocenters. The molecule has 1 aliphatic carbocycles. The maximum absolute atomic E-state index is 12.5. The number of likely N-dealkylation sites (N-methyl/N-ethyl adjacent to an activating group) is 1. The lowest BCUT2D eigenvalue weighted by Crippen LogP contribution is -2.53. The van der Waals surface area contributed by atoms with Crippen LogP contribution in [0.15, 0.2) is 59.2 Å². The number of ether oxygens (including phenoxy) is 1. The lowest BCUT2D eigenvalue weighted by atomic mass is 9.70. The van der Waals surface area contributed by atoms with E-state index in [1.54, 1.807) is 13.4 Å². The summed E-state index contributed by atoms with van der Waals surface area (Å²) in [6.45, 7) is 9.58. The zero-order valence-electron chi connectivity index (χ0n) is 18.9. The fourth-order valence-corrected chi connectivity index (χ4v) is 5.37. The van der Waals surface area contributed by atoms with Crippen LogP contribution in [0.2, 0.25) is 0 Å². The first-order chi connectivity index (χ1) is 15.0. The minimum absolute atomic E-state index is 0.146. The molecule has 5 heteroatoms. The number of benzene rings is 1. The highest BCUT2D eigenvalue weighted by molar-refractivity contribution is 5.33. The van der Waals surface area contributed by atoms with Crippen LogP contribution in [-0.4, -0.2) is 67.4 Å². The summed E-state index contributed by atoms with van der Waals surface area (Å²) in [6.07, 6.45) is 5.25. The molecule has 168 valence electrons. The van der Waals surface area contributed by atoms with E-state index in [0.29, 0.717) is 6.42 Å². The van der Waals surface area contributed by atoms with Gasteiger partial charge >= 0.3 is 0 Å². The SMILES string of the molecule is C=C1CCCC(CN2CCN(C)CC2)C(O)(Cc2ccc(OC)cc2)C1c1ccco1. The largest absolute Gasteiger partial charge is 0.497 e. The van der Waals surface area contributed by atoms with Gasteiger partial charge in [-0.05, 0) is 56.1 Å². The lowest BCUT2D eigenvalue weighted by molar-refractivity contribution is -0.0521. The first kappa shape index (κ1) is 22.1. The molecule has 2 aliphatic rings. The Morgan fingerprint density at radius 3 is 2.55 bits per heavy atom. The molecule has 1 saturated carbocycles. The van der Waals surface area contributed by atoms with Crippen molar-refractivity contribution in [1.29, 1.82) is 0 Å². The quantitative estimate of drug-likeness (QED) is 0.562. The summed E-state index contributed by atoms with van der Waals surface area (Å²) in [5.41, 5.74) is 1.23. The fraction of sp³-hybridized carbons (Fsp3) is 0.538. The van der Waals surface area contributed by atoms with Crippen LogP contribution in [0.3, 0.4) is 0 Å². The number of hydrogen-bond donors (Lipinski definition) is 1. The summed E-state index contributed by atoms with van der Waals surface area (Å²) < 4.78 is 11.2. The molecule has 4 rings (SSSR count). The summed E-state index contributed by atoms with van der Waals surface area (Å²) in [7, 11) is 3.86. The minimum atomic E-state index is -0.955. The molecule has 1 aromatic heterocycles. The van der Waals surface area contributed by atoms with Gasteiger partial charge in [-0.25, -0.2) is 0 Å². The lowest BCUT2D eigenvalue weighted by Gasteiger charge is -2.44. The van der Waals surface area contributed by atoms with Crippen molar-refractivity contribution in [1.82, 2.24) is 9.80 Å². The summed E-state index contributed by atoms with van der Waals surface area (Å²) in [6, 6.07) is 12.0. The Morgan fingerprint density at radius 1 is 1.16 bits per heavy atom. The molecule has 31 heavy (non-hydrogen) atoms. The molecule has 2 fully saturated rings. The Labute approximate surface area is 186 Å². The number of aliphatic hydroxyl groups is 1. The molecule has 5 nitrogen and oxygen atoms in total. The van der Waals surface area contributed by atoms with Gasteiger partial charge in [-0.1, -0.05) is 24.3 Å². The van der Waals surface area contributed by atoms with Gasteiger partial charge in [-0.3, -0.25) is 0 Å². The summed E-state index contributed by atoms with van der Waals surface area (Å²) in [5.74, 6) is 1.60. The third-order valence-electron chi connectivity index (χ3n) is 7.21. The molecule has 0 bridgehead atoms. The Balaban J connectivity index is 1.67. The van der Waals surface area contributed by atoms with E-state index in [4.69, 9.17) is 9.15 Å². The van der Waals surface area contributed by atoms with E-state index in [-0.39, 0.29) is 11.8 Å². The molecular formula is C26H36N2O3. The minimum Gasteiger partial charge on any atom is -0.497 e. The molecule has 1 aliphatic heterocycles. The zero-order chi connectivity index (χ0) is 21.8. The fourth-order valence-electron chi connectivity index (χ4n) is 5.37. The van der Waals surface area contributed by atoms with E-state index in [0.717, 1.165) is 74.6 Å². The average Bonchev–Trinajstić information content (AvgIpc) is 3.25. The first-order valence-electron chi connectivity index (χ1n) is 11.5. The first-order valence-corrected chi connectivity index (χ1v) is 11.5. The van der Waals surface area contributed by atoms with E-state index < -0.39 is 5.60 Å². The molecule has 0 amide bonds. The second-order valence-corrected chi connectivity index (χ2v) is 9.32. The molecule has 1 aromatic carbocycles. The maximum atomic E-state index is 12.5. The number of furan rings is 1. The van der Waals surface area contributed by atoms with E-state index in [9.17, 15) is 5.11 Å². The summed E-state index contributed by atoms with van der Waals surface area (Å²) in [5, 5.41) is 12.5. The summed E-state index contributed by atoms with van der Waals surface area (Å²) in [4.78, 5) is 4.90. The van der Waals surface area contributed by atoms with Crippen molar-refractivity contribution in [3.8, 4) is 5.75 Å². The van der Waals surface area contributed by atoms with Crippen LogP contribution in [0.1, 0.15) is 36.5 Å². The molecule has 1 saturated heterocycles. The van der Waals surface area contributed by atoms with Crippen LogP contribution >= 0.6 is 0 Å². The molecule has 2 aromatic rings. The third kappa shape index (κ3) is 4.89. The monoisotopic (exact) mass is 424 g/mol. The molecule has 1 N–H and O–H groups in total. The highest BCUT2D eigenvalue weighted by Crippen LogP contribution is 2.47. The molecule has 3 atom stereocenters. The van der Waals surface area contributed by atoms with Crippen LogP contribution < -0.4 is 4.74 Å². The average molecular weight is 425 g/mol. The predicted molar refractivity (Wildman–Crippen MR) is 124 cm³/mol. The van der Waals surface area contributed by atoms with Crippen LogP contribution in [0.4, 0.5) is 0 Å². The van der Waals surface area contributed by atoms with Gasteiger partial charge < -0.3 is 24.1 Å². The van der Waals surface area contributed by atoms with E-state index >= 15 is 0 Å². The van der Waals surface area contributed by atoms with Gasteiger partial charge in [0, 0.05) is 45.1 Å². The van der Waals surface area contributed by atoms with Gasteiger partial charge in [-0.15, -0.1) is 0 Å². The van der Waals surface area contributed by atoms with Crippen LogP contribution in [0.25, 0.3) is 0 Å². The van der Waals surface area contributed by atoms with Crippen molar-refractivity contribution in [3.63, 3.8) is 0 Å². The van der Waals surface area contributed by atoms with Crippen molar-refractivity contribution in [2.45, 2.75) is 37.2 Å². The number of piperazine rings is 1. The predicted octanol–water partition coefficient (Wildman–Crippen LogP) is 3.95. The molecule has 0 spiro atoms. The number of nitrogens with zero attached hydrogens (tertiary/aromatic N) is 2. The van der Waals surface area contributed by atoms with E-state index in [1.807, 2.05) is 24.3 Å². The highest BCUT2D eigenvalue weighted by Gasteiger charge is 2.48. The smallest absolute Gasteiger partial charge is 0.118 e. The number of methoxy groups -OCH3 is 1. The Morgan fingerprint density at radius 2 is 1.90 bits per heavy atom. The van der Waals surface area contributed by atoms with E-state index in [1.165, 1.54) is 0 Å². The van der Waals surface area contributed by atoms with Crippen molar-refractivity contribution in [2.75, 3.05) is 46.9 Å². The summed E-state index contributed by atoms with van der Waals surface area (Å²) >= 11 is 0. The Kier molecular flexibility index (Phi) is 6.85. The highest BCUT2D eigenvalue weighted by atomic mass is 16.5. The van der Waals surface area contributed by atoms with E-state index in [2.05, 4.69) is 35.6 Å².